The predicted molar refractivity (Wildman–Crippen MR) is 102 cm³/mol. The Kier molecular flexibility index (Phi) is 5.24. The number of sulfone groups is 1. The summed E-state index contributed by atoms with van der Waals surface area (Å²) < 4.78 is 51.6. The summed E-state index contributed by atoms with van der Waals surface area (Å²) in [4.78, 5) is 1.67. The fraction of sp³-hybridized carbons (Fsp3) is 0.667. The third-order valence-electron chi connectivity index (χ3n) is 6.07. The van der Waals surface area contributed by atoms with E-state index in [1.54, 1.807) is 4.31 Å². The van der Waals surface area contributed by atoms with E-state index in [-0.39, 0.29) is 17.5 Å². The Morgan fingerprint density at radius 1 is 1.04 bits per heavy atom. The minimum absolute atomic E-state index is 0.120. The van der Waals surface area contributed by atoms with Gasteiger partial charge in [0.2, 0.25) is 10.0 Å². The zero-order valence-corrected chi connectivity index (χ0v) is 17.6. The van der Waals surface area contributed by atoms with Crippen molar-refractivity contribution in [2.45, 2.75) is 45.1 Å². The van der Waals surface area contributed by atoms with Gasteiger partial charge in [-0.1, -0.05) is 6.07 Å². The highest BCUT2D eigenvalue weighted by molar-refractivity contribution is 7.91. The molecule has 1 atom stereocenters. The van der Waals surface area contributed by atoms with E-state index in [2.05, 4.69) is 0 Å². The quantitative estimate of drug-likeness (QED) is 0.773. The molecule has 0 radical (unpaired) electrons. The van der Waals surface area contributed by atoms with E-state index in [1.165, 1.54) is 4.90 Å². The lowest BCUT2D eigenvalue weighted by Crippen LogP contribution is -3.18. The highest BCUT2D eigenvalue weighted by Crippen LogP contribution is 2.28. The first-order valence-corrected chi connectivity index (χ1v) is 12.4. The van der Waals surface area contributed by atoms with E-state index in [0.717, 1.165) is 22.3 Å². The van der Waals surface area contributed by atoms with Crippen LogP contribution in [0.2, 0.25) is 0 Å². The zero-order valence-electron chi connectivity index (χ0n) is 16.0. The van der Waals surface area contributed by atoms with Crippen molar-refractivity contribution >= 4 is 19.9 Å². The van der Waals surface area contributed by atoms with Crippen LogP contribution in [0.1, 0.15) is 28.7 Å². The molecule has 3 rings (SSSR count). The van der Waals surface area contributed by atoms with Crippen LogP contribution in [-0.4, -0.2) is 64.9 Å². The summed E-state index contributed by atoms with van der Waals surface area (Å²) in [5, 5.41) is 0. The average Bonchev–Trinajstić information content (AvgIpc) is 2.93. The molecule has 146 valence electrons. The molecule has 0 saturated carbocycles. The first-order valence-electron chi connectivity index (χ1n) is 9.15. The van der Waals surface area contributed by atoms with Gasteiger partial charge in [-0.05, 0) is 49.9 Å². The van der Waals surface area contributed by atoms with Crippen LogP contribution in [0.25, 0.3) is 0 Å². The van der Waals surface area contributed by atoms with Gasteiger partial charge >= 0.3 is 0 Å². The molecule has 2 heterocycles. The normalized spacial score (nSPS) is 24.8. The van der Waals surface area contributed by atoms with Gasteiger partial charge < -0.3 is 4.90 Å². The fourth-order valence-corrected chi connectivity index (χ4v) is 8.08. The molecule has 0 unspecified atom stereocenters. The van der Waals surface area contributed by atoms with Crippen molar-refractivity contribution < 1.29 is 21.7 Å². The molecule has 0 spiro atoms. The maximum Gasteiger partial charge on any atom is 0.244 e. The third-order valence-corrected chi connectivity index (χ3v) is 10.0. The van der Waals surface area contributed by atoms with E-state index in [0.29, 0.717) is 37.5 Å². The molecule has 26 heavy (non-hydrogen) atoms. The second-order valence-electron chi connectivity index (χ2n) is 7.75. The summed E-state index contributed by atoms with van der Waals surface area (Å²) in [5.74, 6) is 0.508. The number of nitrogens with zero attached hydrogens (tertiary/aromatic N) is 1. The minimum Gasteiger partial charge on any atom is -0.329 e. The first-order chi connectivity index (χ1) is 12.0. The molecule has 2 aliphatic rings. The Bertz CT molecular complexity index is 889. The van der Waals surface area contributed by atoms with Crippen LogP contribution in [0.3, 0.4) is 0 Å². The van der Waals surface area contributed by atoms with Crippen LogP contribution < -0.4 is 4.90 Å². The Labute approximate surface area is 157 Å². The summed E-state index contributed by atoms with van der Waals surface area (Å²) in [7, 11) is -6.44. The Hall–Kier alpha value is -0.960. The van der Waals surface area contributed by atoms with Crippen molar-refractivity contribution in [3.05, 3.63) is 28.3 Å². The molecule has 0 aliphatic carbocycles. The lowest BCUT2D eigenvalue weighted by molar-refractivity contribution is -0.925. The smallest absolute Gasteiger partial charge is 0.244 e. The van der Waals surface area contributed by atoms with Crippen LogP contribution in [0, 0.1) is 27.7 Å². The number of benzene rings is 1. The van der Waals surface area contributed by atoms with Gasteiger partial charge in [0.15, 0.2) is 9.84 Å². The van der Waals surface area contributed by atoms with Crippen LogP contribution in [-0.2, 0) is 19.9 Å². The monoisotopic (exact) mass is 401 g/mol. The Morgan fingerprint density at radius 3 is 2.04 bits per heavy atom. The molecule has 2 saturated heterocycles. The van der Waals surface area contributed by atoms with E-state index in [9.17, 15) is 16.8 Å². The number of hydrogen-bond acceptors (Lipinski definition) is 4. The maximum absolute atomic E-state index is 13.3. The van der Waals surface area contributed by atoms with Crippen LogP contribution in [0.5, 0.6) is 0 Å². The van der Waals surface area contributed by atoms with Crippen molar-refractivity contribution in [1.82, 2.24) is 4.31 Å². The number of piperazine rings is 1. The van der Waals surface area contributed by atoms with Gasteiger partial charge in [0.1, 0.15) is 11.8 Å². The van der Waals surface area contributed by atoms with Crippen LogP contribution >= 0.6 is 0 Å². The van der Waals surface area contributed by atoms with Gasteiger partial charge in [-0.3, -0.25) is 0 Å². The molecule has 0 bridgehead atoms. The number of rotatable bonds is 3. The molecule has 1 N–H and O–H groups in total. The van der Waals surface area contributed by atoms with E-state index >= 15 is 0 Å². The lowest BCUT2D eigenvalue weighted by Gasteiger charge is -2.35. The van der Waals surface area contributed by atoms with Gasteiger partial charge in [-0.2, -0.15) is 4.31 Å². The summed E-state index contributed by atoms with van der Waals surface area (Å²) in [6.45, 7) is 9.87. The van der Waals surface area contributed by atoms with Crippen molar-refractivity contribution in [3.63, 3.8) is 0 Å². The molecular weight excluding hydrogens is 372 g/mol. The average molecular weight is 402 g/mol. The molecule has 2 fully saturated rings. The fourth-order valence-electron chi connectivity index (χ4n) is 4.24. The third kappa shape index (κ3) is 3.56. The van der Waals surface area contributed by atoms with Crippen molar-refractivity contribution in [2.24, 2.45) is 0 Å². The molecule has 0 aromatic heterocycles. The standard InChI is InChI=1S/C18H28N2O4S2/c1-13-11-14(2)16(4)18(15(13)3)26(23,24)20-8-6-19(7-9-20)17-5-10-25(21,22)12-17/h11,17H,5-10,12H2,1-4H3/p+1/t17-/m1/s1. The topological polar surface area (TPSA) is 76.0 Å². The van der Waals surface area contributed by atoms with E-state index in [4.69, 9.17) is 0 Å². The molecule has 0 amide bonds. The SMILES string of the molecule is Cc1cc(C)c(C)c(S(=O)(=O)N2CC[NH+]([C@@H]3CCS(=O)(=O)C3)CC2)c1C. The van der Waals surface area contributed by atoms with Crippen molar-refractivity contribution in [1.29, 1.82) is 0 Å². The number of nitrogens with one attached hydrogen (secondary N) is 1. The van der Waals surface area contributed by atoms with Crippen molar-refractivity contribution in [3.8, 4) is 0 Å². The number of hydrogen-bond donors (Lipinski definition) is 1. The number of aryl methyl sites for hydroxylation is 2. The minimum atomic E-state index is -3.54. The molecular formula is C18H29N2O4S2+. The van der Waals surface area contributed by atoms with Gasteiger partial charge in [0.05, 0.1) is 36.8 Å². The highest BCUT2D eigenvalue weighted by atomic mass is 32.2. The summed E-state index contributed by atoms with van der Waals surface area (Å²) in [6.07, 6.45) is 0.694. The highest BCUT2D eigenvalue weighted by Gasteiger charge is 2.39. The molecule has 1 aromatic carbocycles. The van der Waals surface area contributed by atoms with Crippen molar-refractivity contribution in [2.75, 3.05) is 37.7 Å². The summed E-state index contributed by atoms with van der Waals surface area (Å²) in [5.41, 5.74) is 3.63. The van der Waals surface area contributed by atoms with Crippen LogP contribution in [0.4, 0.5) is 0 Å². The molecule has 1 aromatic rings. The second kappa shape index (κ2) is 6.89. The number of quaternary nitrogens is 1. The van der Waals surface area contributed by atoms with E-state index in [1.807, 2.05) is 33.8 Å². The predicted octanol–water partition coefficient (Wildman–Crippen LogP) is -0.00342. The Balaban J connectivity index is 1.79. The maximum atomic E-state index is 13.3. The molecule has 6 nitrogen and oxygen atoms in total. The molecule has 8 heteroatoms. The van der Waals surface area contributed by atoms with E-state index < -0.39 is 19.9 Å². The van der Waals surface area contributed by atoms with Gasteiger partial charge in [0, 0.05) is 6.42 Å². The van der Waals surface area contributed by atoms with Gasteiger partial charge in [0.25, 0.3) is 0 Å². The zero-order chi connectivity index (χ0) is 19.3. The van der Waals surface area contributed by atoms with Crippen LogP contribution in [0.15, 0.2) is 11.0 Å². The summed E-state index contributed by atoms with van der Waals surface area (Å²) in [6, 6.07) is 2.15. The number of sulfonamides is 1. The van der Waals surface area contributed by atoms with Gasteiger partial charge in [-0.15, -0.1) is 0 Å². The van der Waals surface area contributed by atoms with Gasteiger partial charge in [-0.25, -0.2) is 16.8 Å². The molecule has 2 aliphatic heterocycles. The Morgan fingerprint density at radius 2 is 1.58 bits per heavy atom. The lowest BCUT2D eigenvalue weighted by atomic mass is 10.0. The largest absolute Gasteiger partial charge is 0.329 e. The summed E-state index contributed by atoms with van der Waals surface area (Å²) >= 11 is 0. The second-order valence-corrected chi connectivity index (χ2v) is 11.9. The first kappa shape index (κ1) is 19.8.